The maximum absolute atomic E-state index is 14.6. The second-order valence-corrected chi connectivity index (χ2v) is 18.6. The summed E-state index contributed by atoms with van der Waals surface area (Å²) in [6.07, 6.45) is 2.63. The molecular formula is C42H54N6O10S. The van der Waals surface area contributed by atoms with Crippen LogP contribution in [0.4, 0.5) is 9.93 Å². The van der Waals surface area contributed by atoms with Gasteiger partial charge in [0.2, 0.25) is 17.7 Å². The van der Waals surface area contributed by atoms with Crippen molar-refractivity contribution in [2.24, 2.45) is 16.7 Å². The molecule has 0 unspecified atom stereocenters. The van der Waals surface area contributed by atoms with Gasteiger partial charge in [0.25, 0.3) is 0 Å². The Kier molecular flexibility index (Phi) is 12.2. The fraction of sp³-hybridized carbons (Fsp3) is 0.548. The van der Waals surface area contributed by atoms with Crippen LogP contribution in [0.3, 0.4) is 0 Å². The fourth-order valence-corrected chi connectivity index (χ4v) is 8.10. The lowest BCUT2D eigenvalue weighted by Crippen LogP contribution is -2.59. The van der Waals surface area contributed by atoms with Crippen LogP contribution in [0.15, 0.2) is 36.2 Å². The fourth-order valence-electron chi connectivity index (χ4n) is 7.38. The van der Waals surface area contributed by atoms with Crippen LogP contribution in [0, 0.1) is 16.7 Å². The number of benzene rings is 1. The number of thiazole rings is 1. The molecule has 4 amide bonds. The topological polar surface area (TPSA) is 208 Å². The Bertz CT molecular complexity index is 2140. The van der Waals surface area contributed by atoms with Gasteiger partial charge in [0, 0.05) is 35.6 Å². The number of pyridine rings is 1. The summed E-state index contributed by atoms with van der Waals surface area (Å²) in [5, 5.41) is 21.1. The minimum absolute atomic E-state index is 0.0114. The highest BCUT2D eigenvalue weighted by atomic mass is 32.1. The van der Waals surface area contributed by atoms with Gasteiger partial charge in [-0.15, -0.1) is 17.9 Å². The number of likely N-dealkylation sites (tertiary alicyclic amines) is 1. The highest BCUT2D eigenvalue weighted by Crippen LogP contribution is 2.45. The zero-order valence-corrected chi connectivity index (χ0v) is 35.6. The second kappa shape index (κ2) is 16.7. The number of alkyl carbamates (subject to hydrolysis) is 1. The van der Waals surface area contributed by atoms with Crippen molar-refractivity contribution < 1.29 is 48.0 Å². The summed E-state index contributed by atoms with van der Waals surface area (Å²) in [6, 6.07) is 2.89. The van der Waals surface area contributed by atoms with Crippen LogP contribution in [-0.2, 0) is 23.9 Å². The van der Waals surface area contributed by atoms with E-state index in [1.165, 1.54) is 36.5 Å². The molecule has 1 aromatic carbocycles. The largest absolute Gasteiger partial charge is 0.493 e. The quantitative estimate of drug-likeness (QED) is 0.139. The van der Waals surface area contributed by atoms with E-state index >= 15 is 0 Å². The average molecular weight is 835 g/mol. The van der Waals surface area contributed by atoms with Gasteiger partial charge in [0.05, 0.1) is 26.5 Å². The third-order valence-corrected chi connectivity index (χ3v) is 11.6. The molecule has 2 aromatic heterocycles. The van der Waals surface area contributed by atoms with E-state index in [1.807, 2.05) is 20.8 Å². The Morgan fingerprint density at radius 1 is 1.03 bits per heavy atom. The van der Waals surface area contributed by atoms with Gasteiger partial charge in [-0.2, -0.15) is 0 Å². The molecule has 59 heavy (non-hydrogen) atoms. The van der Waals surface area contributed by atoms with Crippen molar-refractivity contribution in [1.82, 2.24) is 25.5 Å². The number of ether oxygens (including phenoxy) is 4. The minimum atomic E-state index is -1.55. The molecular weight excluding hydrogens is 781 g/mol. The number of nitrogens with zero attached hydrogens (tertiary/aromatic N) is 3. The van der Waals surface area contributed by atoms with Crippen molar-refractivity contribution >= 4 is 57.2 Å². The summed E-state index contributed by atoms with van der Waals surface area (Å²) < 4.78 is 23.6. The van der Waals surface area contributed by atoms with Crippen LogP contribution in [0.5, 0.6) is 17.2 Å². The van der Waals surface area contributed by atoms with Crippen molar-refractivity contribution in [3.63, 3.8) is 0 Å². The van der Waals surface area contributed by atoms with Crippen LogP contribution in [0.1, 0.15) is 80.1 Å². The van der Waals surface area contributed by atoms with Crippen LogP contribution >= 0.6 is 11.3 Å². The van der Waals surface area contributed by atoms with Gasteiger partial charge in [-0.1, -0.05) is 47.6 Å². The SMILES string of the molecule is C=C[C@@H]1C[C@]1(NC(=O)[C@@H]1C[C@@H](Oc2cc(-c3csc(NC(=O)CC(C)(C)C)n3)nc3c(OC)c(OC)ccc23)CN1C(=O)[C@@H](NC(=O)OC1CCC1)C(C)(C)C)C(=O)O. The number of methoxy groups -OCH3 is 2. The number of carbonyl (C=O) groups is 5. The van der Waals surface area contributed by atoms with E-state index in [1.54, 1.807) is 44.4 Å². The third kappa shape index (κ3) is 9.40. The maximum Gasteiger partial charge on any atom is 0.408 e. The van der Waals surface area contributed by atoms with E-state index in [2.05, 4.69) is 27.5 Å². The number of anilines is 1. The van der Waals surface area contributed by atoms with Gasteiger partial charge in [0.1, 0.15) is 46.8 Å². The number of hydrogen-bond donors (Lipinski definition) is 4. The first-order valence-corrected chi connectivity index (χ1v) is 20.6. The molecule has 0 radical (unpaired) electrons. The predicted molar refractivity (Wildman–Crippen MR) is 221 cm³/mol. The number of carbonyl (C=O) groups excluding carboxylic acids is 4. The van der Waals surface area contributed by atoms with Crippen molar-refractivity contribution in [2.45, 2.75) is 110 Å². The molecule has 4 N–H and O–H groups in total. The Morgan fingerprint density at radius 3 is 2.34 bits per heavy atom. The highest BCUT2D eigenvalue weighted by molar-refractivity contribution is 7.14. The molecule has 318 valence electrons. The summed E-state index contributed by atoms with van der Waals surface area (Å²) in [5.74, 6) is -2.00. The first-order chi connectivity index (χ1) is 27.8. The number of nitrogens with one attached hydrogen (secondary N) is 3. The van der Waals surface area contributed by atoms with E-state index in [9.17, 15) is 29.1 Å². The number of rotatable bonds is 14. The number of aliphatic carboxylic acids is 1. The summed E-state index contributed by atoms with van der Waals surface area (Å²) >= 11 is 1.24. The van der Waals surface area contributed by atoms with Gasteiger partial charge in [0.15, 0.2) is 16.6 Å². The van der Waals surface area contributed by atoms with Gasteiger partial charge < -0.3 is 44.9 Å². The molecule has 0 bridgehead atoms. The summed E-state index contributed by atoms with van der Waals surface area (Å²) in [7, 11) is 3.00. The van der Waals surface area contributed by atoms with Crippen LogP contribution in [0.2, 0.25) is 0 Å². The van der Waals surface area contributed by atoms with Crippen LogP contribution in [0.25, 0.3) is 22.3 Å². The number of amides is 4. The van der Waals surface area contributed by atoms with E-state index < -0.39 is 58.9 Å². The molecule has 6 rings (SSSR count). The Labute approximate surface area is 347 Å². The first kappa shape index (κ1) is 43.1. The van der Waals surface area contributed by atoms with E-state index in [0.717, 1.165) is 19.3 Å². The number of fused-ring (bicyclic) bond motifs is 1. The van der Waals surface area contributed by atoms with Gasteiger partial charge in [-0.3, -0.25) is 14.4 Å². The third-order valence-electron chi connectivity index (χ3n) is 10.9. The zero-order valence-electron chi connectivity index (χ0n) is 34.8. The number of aromatic nitrogens is 2. The van der Waals surface area contributed by atoms with Crippen molar-refractivity contribution in [2.75, 3.05) is 26.1 Å². The molecule has 3 aromatic rings. The lowest BCUT2D eigenvalue weighted by molar-refractivity contribution is -0.146. The smallest absolute Gasteiger partial charge is 0.408 e. The lowest BCUT2D eigenvalue weighted by atomic mass is 9.85. The van der Waals surface area contributed by atoms with E-state index in [-0.39, 0.29) is 36.8 Å². The van der Waals surface area contributed by atoms with Crippen molar-refractivity contribution in [3.8, 4) is 28.6 Å². The molecule has 0 spiro atoms. The monoisotopic (exact) mass is 834 g/mol. The molecule has 2 aliphatic carbocycles. The van der Waals surface area contributed by atoms with Crippen molar-refractivity contribution in [1.29, 1.82) is 0 Å². The summed E-state index contributed by atoms with van der Waals surface area (Å²) in [6.45, 7) is 14.9. The molecule has 3 aliphatic rings. The Balaban J connectivity index is 1.35. The normalized spacial score (nSPS) is 22.1. The molecule has 3 fully saturated rings. The van der Waals surface area contributed by atoms with Crippen LogP contribution in [-0.4, -0.2) is 100 Å². The molecule has 16 nitrogen and oxygen atoms in total. The summed E-state index contributed by atoms with van der Waals surface area (Å²) in [5.41, 5.74) is -1.35. The maximum atomic E-state index is 14.6. The molecule has 1 saturated heterocycles. The van der Waals surface area contributed by atoms with Gasteiger partial charge in [-0.05, 0) is 48.6 Å². The molecule has 2 saturated carbocycles. The summed E-state index contributed by atoms with van der Waals surface area (Å²) in [4.78, 5) is 77.8. The van der Waals surface area contributed by atoms with E-state index in [0.29, 0.717) is 51.1 Å². The van der Waals surface area contributed by atoms with E-state index in [4.69, 9.17) is 23.9 Å². The number of hydrogen-bond acceptors (Lipinski definition) is 12. The van der Waals surface area contributed by atoms with Gasteiger partial charge in [-0.25, -0.2) is 19.6 Å². The molecule has 17 heteroatoms. The first-order valence-electron chi connectivity index (χ1n) is 19.7. The predicted octanol–water partition coefficient (Wildman–Crippen LogP) is 5.94. The minimum Gasteiger partial charge on any atom is -0.493 e. The lowest BCUT2D eigenvalue weighted by Gasteiger charge is -2.36. The number of carboxylic acid groups (broad SMARTS) is 1. The molecule has 1 aliphatic heterocycles. The molecule has 5 atom stereocenters. The standard InChI is InChI=1S/C42H54N6O10S/c1-10-22-18-42(22,37(52)53)47-35(50)28-16-24(20-48(28)36(51)34(41(5,6)7)46-39(54)58-23-12-11-13-23)57-30-17-26(43-32-25(30)14-15-29(55-8)33(32)56-9)27-21-59-38(44-27)45-31(49)19-40(2,3)4/h10,14-15,17,21-24,28,34H,1,11-13,16,18-20H2,2-9H3,(H,46,54)(H,47,50)(H,52,53)(H,44,45,49)/t22-,24-,28+,34-,42-/m1/s1. The highest BCUT2D eigenvalue weighted by Gasteiger charge is 2.61. The Morgan fingerprint density at radius 2 is 1.76 bits per heavy atom. The van der Waals surface area contributed by atoms with Crippen molar-refractivity contribution in [3.05, 3.63) is 36.2 Å². The average Bonchev–Trinajstić information content (AvgIpc) is 3.41. The molecule has 3 heterocycles. The Hall–Kier alpha value is -5.45. The van der Waals surface area contributed by atoms with Gasteiger partial charge >= 0.3 is 12.1 Å². The zero-order chi connectivity index (χ0) is 43.0. The number of carboxylic acids is 1. The van der Waals surface area contributed by atoms with Crippen LogP contribution < -0.4 is 30.2 Å². The second-order valence-electron chi connectivity index (χ2n) is 17.7.